The topological polar surface area (TPSA) is 75.3 Å². The molecule has 1 saturated carbocycles. The second kappa shape index (κ2) is 4.84. The number of hydrogen-bond donors (Lipinski definition) is 3. The number of halogens is 1. The number of carboxylic acids is 1. The van der Waals surface area contributed by atoms with Crippen molar-refractivity contribution in [1.29, 1.82) is 0 Å². The molecule has 4 nitrogen and oxygen atoms in total. The summed E-state index contributed by atoms with van der Waals surface area (Å²) >= 11 is 0. The molecule has 1 aromatic rings. The Bertz CT molecular complexity index is 476. The van der Waals surface area contributed by atoms with Crippen molar-refractivity contribution in [3.8, 4) is 0 Å². The van der Waals surface area contributed by atoms with Crippen LogP contribution in [-0.2, 0) is 0 Å². The molecule has 98 valence electrons. The first kappa shape index (κ1) is 12.7. The lowest BCUT2D eigenvalue weighted by Gasteiger charge is -2.19. The summed E-state index contributed by atoms with van der Waals surface area (Å²) in [6.45, 7) is 2.11. The molecule has 0 radical (unpaired) electrons. The van der Waals surface area contributed by atoms with Crippen LogP contribution in [0.25, 0.3) is 0 Å². The molecule has 5 heteroatoms. The van der Waals surface area contributed by atoms with Crippen LogP contribution in [0.1, 0.15) is 36.5 Å². The second-order valence-corrected chi connectivity index (χ2v) is 4.88. The number of nitrogens with two attached hydrogens (primary N) is 1. The Labute approximate surface area is 105 Å². The van der Waals surface area contributed by atoms with Gasteiger partial charge < -0.3 is 16.2 Å². The Morgan fingerprint density at radius 1 is 1.50 bits per heavy atom. The molecule has 1 aliphatic carbocycles. The average molecular weight is 252 g/mol. The van der Waals surface area contributed by atoms with Gasteiger partial charge >= 0.3 is 5.97 Å². The average Bonchev–Trinajstić information content (AvgIpc) is 2.67. The fourth-order valence-corrected chi connectivity index (χ4v) is 2.44. The monoisotopic (exact) mass is 252 g/mol. The lowest BCUT2D eigenvalue weighted by atomic mass is 10.1. The summed E-state index contributed by atoms with van der Waals surface area (Å²) in [7, 11) is 0. The Morgan fingerprint density at radius 3 is 2.78 bits per heavy atom. The van der Waals surface area contributed by atoms with Gasteiger partial charge in [0.1, 0.15) is 5.82 Å². The van der Waals surface area contributed by atoms with Gasteiger partial charge in [-0.3, -0.25) is 0 Å². The third-order valence-corrected chi connectivity index (χ3v) is 3.57. The number of anilines is 2. The van der Waals surface area contributed by atoms with Gasteiger partial charge in [-0.25, -0.2) is 9.18 Å². The number of carbonyl (C=O) groups is 1. The minimum atomic E-state index is -1.14. The van der Waals surface area contributed by atoms with Crippen LogP contribution in [0.2, 0.25) is 0 Å². The van der Waals surface area contributed by atoms with Gasteiger partial charge in [0.2, 0.25) is 0 Å². The Balaban J connectivity index is 2.27. The molecule has 2 unspecified atom stereocenters. The van der Waals surface area contributed by atoms with E-state index in [0.29, 0.717) is 5.92 Å². The van der Waals surface area contributed by atoms with Gasteiger partial charge in [-0.15, -0.1) is 0 Å². The summed E-state index contributed by atoms with van der Waals surface area (Å²) in [6.07, 6.45) is 3.20. The molecule has 2 atom stereocenters. The second-order valence-electron chi connectivity index (χ2n) is 4.88. The lowest BCUT2D eigenvalue weighted by Crippen LogP contribution is -2.22. The zero-order valence-corrected chi connectivity index (χ0v) is 10.2. The van der Waals surface area contributed by atoms with E-state index in [1.54, 1.807) is 0 Å². The molecular formula is C13H17FN2O2. The number of nitrogens with one attached hydrogen (secondary N) is 1. The van der Waals surface area contributed by atoms with Crippen LogP contribution in [0, 0.1) is 11.7 Å². The number of nitrogen functional groups attached to an aromatic ring is 1. The third-order valence-electron chi connectivity index (χ3n) is 3.57. The molecular weight excluding hydrogens is 235 g/mol. The molecule has 0 bridgehead atoms. The molecule has 0 aromatic heterocycles. The van der Waals surface area contributed by atoms with Crippen LogP contribution in [0.4, 0.5) is 15.8 Å². The van der Waals surface area contributed by atoms with Crippen molar-refractivity contribution in [3.63, 3.8) is 0 Å². The first-order chi connectivity index (χ1) is 8.49. The highest BCUT2D eigenvalue weighted by molar-refractivity contribution is 5.94. The number of benzene rings is 1. The SMILES string of the molecule is CC1CCCC1Nc1cc(C(=O)O)c(N)cc1F. The molecule has 1 aliphatic rings. The van der Waals surface area contributed by atoms with Crippen molar-refractivity contribution >= 4 is 17.3 Å². The standard InChI is InChI=1S/C13H17FN2O2/c1-7-3-2-4-11(7)16-12-5-8(13(17)18)10(15)6-9(12)14/h5-7,11,16H,2-4,15H2,1H3,(H,17,18). The molecule has 2 rings (SSSR count). The molecule has 0 saturated heterocycles. The first-order valence-electron chi connectivity index (χ1n) is 6.08. The van der Waals surface area contributed by atoms with Crippen LogP contribution in [-0.4, -0.2) is 17.1 Å². The molecule has 1 fully saturated rings. The van der Waals surface area contributed by atoms with E-state index < -0.39 is 11.8 Å². The van der Waals surface area contributed by atoms with E-state index in [2.05, 4.69) is 12.2 Å². The van der Waals surface area contributed by atoms with Crippen LogP contribution < -0.4 is 11.1 Å². The summed E-state index contributed by atoms with van der Waals surface area (Å²) < 4.78 is 13.7. The van der Waals surface area contributed by atoms with Gasteiger partial charge in [-0.2, -0.15) is 0 Å². The van der Waals surface area contributed by atoms with Crippen LogP contribution in [0.15, 0.2) is 12.1 Å². The zero-order valence-electron chi connectivity index (χ0n) is 10.2. The van der Waals surface area contributed by atoms with Crippen LogP contribution in [0.3, 0.4) is 0 Å². The van der Waals surface area contributed by atoms with Crippen LogP contribution >= 0.6 is 0 Å². The maximum absolute atomic E-state index is 13.7. The number of rotatable bonds is 3. The lowest BCUT2D eigenvalue weighted by molar-refractivity contribution is 0.0698. The highest BCUT2D eigenvalue weighted by atomic mass is 19.1. The van der Waals surface area contributed by atoms with Gasteiger partial charge in [-0.1, -0.05) is 13.3 Å². The minimum Gasteiger partial charge on any atom is -0.478 e. The Morgan fingerprint density at radius 2 is 2.22 bits per heavy atom. The summed E-state index contributed by atoms with van der Waals surface area (Å²) in [6, 6.07) is 2.54. The van der Waals surface area contributed by atoms with Gasteiger partial charge in [0, 0.05) is 11.7 Å². The molecule has 0 amide bonds. The molecule has 4 N–H and O–H groups in total. The molecule has 18 heavy (non-hydrogen) atoms. The van der Waals surface area contributed by atoms with Gasteiger partial charge in [-0.05, 0) is 30.9 Å². The maximum Gasteiger partial charge on any atom is 0.337 e. The van der Waals surface area contributed by atoms with Crippen molar-refractivity contribution in [2.75, 3.05) is 11.1 Å². The summed E-state index contributed by atoms with van der Waals surface area (Å²) in [5.74, 6) is -1.18. The highest BCUT2D eigenvalue weighted by Crippen LogP contribution is 2.30. The summed E-state index contributed by atoms with van der Waals surface area (Å²) in [4.78, 5) is 11.0. The highest BCUT2D eigenvalue weighted by Gasteiger charge is 2.24. The number of hydrogen-bond acceptors (Lipinski definition) is 3. The Kier molecular flexibility index (Phi) is 3.41. The molecule has 0 heterocycles. The van der Waals surface area contributed by atoms with Crippen molar-refractivity contribution in [2.24, 2.45) is 5.92 Å². The van der Waals surface area contributed by atoms with Gasteiger partial charge in [0.15, 0.2) is 0 Å². The predicted octanol–water partition coefficient (Wildman–Crippen LogP) is 2.71. The van der Waals surface area contributed by atoms with Crippen molar-refractivity contribution in [2.45, 2.75) is 32.2 Å². The van der Waals surface area contributed by atoms with Gasteiger partial charge in [0.25, 0.3) is 0 Å². The van der Waals surface area contributed by atoms with Crippen LogP contribution in [0.5, 0.6) is 0 Å². The van der Waals surface area contributed by atoms with E-state index in [1.165, 1.54) is 6.07 Å². The van der Waals surface area contributed by atoms with Crippen molar-refractivity contribution in [3.05, 3.63) is 23.5 Å². The van der Waals surface area contributed by atoms with Gasteiger partial charge in [0.05, 0.1) is 11.3 Å². The zero-order chi connectivity index (χ0) is 13.3. The maximum atomic E-state index is 13.7. The predicted molar refractivity (Wildman–Crippen MR) is 68.2 cm³/mol. The number of aromatic carboxylic acids is 1. The van der Waals surface area contributed by atoms with E-state index in [4.69, 9.17) is 10.8 Å². The third kappa shape index (κ3) is 2.39. The first-order valence-corrected chi connectivity index (χ1v) is 6.08. The summed E-state index contributed by atoms with van der Waals surface area (Å²) in [5, 5.41) is 12.1. The molecule has 1 aromatic carbocycles. The smallest absolute Gasteiger partial charge is 0.337 e. The Hall–Kier alpha value is -1.78. The van der Waals surface area contributed by atoms with Crippen molar-refractivity contribution in [1.82, 2.24) is 0 Å². The quantitative estimate of drug-likeness (QED) is 0.723. The van der Waals surface area contributed by atoms with E-state index >= 15 is 0 Å². The normalized spacial score (nSPS) is 23.0. The molecule has 0 aliphatic heterocycles. The van der Waals surface area contributed by atoms with Crippen molar-refractivity contribution < 1.29 is 14.3 Å². The van der Waals surface area contributed by atoms with E-state index in [9.17, 15) is 9.18 Å². The van der Waals surface area contributed by atoms with E-state index in [1.807, 2.05) is 0 Å². The van der Waals surface area contributed by atoms with E-state index in [0.717, 1.165) is 25.3 Å². The fraction of sp³-hybridized carbons (Fsp3) is 0.462. The summed E-state index contributed by atoms with van der Waals surface area (Å²) in [5.41, 5.74) is 5.58. The number of carboxylic acid groups (broad SMARTS) is 1. The largest absolute Gasteiger partial charge is 0.478 e. The van der Waals surface area contributed by atoms with E-state index in [-0.39, 0.29) is 23.0 Å². The minimum absolute atomic E-state index is 0.0509. The fourth-order valence-electron chi connectivity index (χ4n) is 2.44. The molecule has 0 spiro atoms.